The molecule has 0 N–H and O–H groups in total. The van der Waals surface area contributed by atoms with Crippen molar-refractivity contribution in [1.29, 1.82) is 0 Å². The molecule has 56 valence electrons. The summed E-state index contributed by atoms with van der Waals surface area (Å²) in [6, 6.07) is 0. The molecule has 0 aromatic heterocycles. The molecule has 0 aromatic carbocycles. The van der Waals surface area contributed by atoms with Crippen LogP contribution >= 0.6 is 0 Å². The Hall–Kier alpha value is -0.520. The second-order valence-electron chi connectivity index (χ2n) is 3.79. The van der Waals surface area contributed by atoms with Crippen LogP contribution in [0.3, 0.4) is 0 Å². The van der Waals surface area contributed by atoms with E-state index in [2.05, 4.69) is 33.4 Å². The van der Waals surface area contributed by atoms with E-state index in [9.17, 15) is 0 Å². The molecule has 1 aliphatic rings. The van der Waals surface area contributed by atoms with E-state index in [0.717, 1.165) is 0 Å². The number of allylic oxidation sites excluding steroid dienone is 3. The van der Waals surface area contributed by atoms with Crippen molar-refractivity contribution in [2.45, 2.75) is 33.6 Å². The second kappa shape index (κ2) is 2.26. The Kier molecular flexibility index (Phi) is 1.72. The highest BCUT2D eigenvalue weighted by Crippen LogP contribution is 2.38. The third-order valence-corrected chi connectivity index (χ3v) is 2.51. The van der Waals surface area contributed by atoms with Gasteiger partial charge < -0.3 is 0 Å². The molecular formula is C10H16. The first-order valence-electron chi connectivity index (χ1n) is 3.90. The summed E-state index contributed by atoms with van der Waals surface area (Å²) in [5.41, 5.74) is 3.05. The predicted octanol–water partition coefficient (Wildman–Crippen LogP) is 3.31. The maximum atomic E-state index is 4.08. The maximum Gasteiger partial charge on any atom is -0.0104 e. The Morgan fingerprint density at radius 3 is 2.50 bits per heavy atom. The first kappa shape index (κ1) is 7.59. The molecular weight excluding hydrogens is 120 g/mol. The van der Waals surface area contributed by atoms with Crippen LogP contribution in [0.5, 0.6) is 0 Å². The molecule has 1 aliphatic carbocycles. The molecule has 0 nitrogen and oxygen atoms in total. The number of hydrogen-bond donors (Lipinski definition) is 0. The lowest BCUT2D eigenvalue weighted by Gasteiger charge is -2.31. The van der Waals surface area contributed by atoms with E-state index in [0.29, 0.717) is 5.41 Å². The molecule has 10 heavy (non-hydrogen) atoms. The monoisotopic (exact) mass is 136 g/mol. The summed E-state index contributed by atoms with van der Waals surface area (Å²) < 4.78 is 0. The number of rotatable bonds is 0. The highest BCUT2D eigenvalue weighted by molar-refractivity contribution is 5.33. The van der Waals surface area contributed by atoms with Crippen molar-refractivity contribution in [3.05, 3.63) is 23.8 Å². The van der Waals surface area contributed by atoms with Crippen molar-refractivity contribution < 1.29 is 0 Å². The van der Waals surface area contributed by atoms with Crippen LogP contribution in [0.1, 0.15) is 33.6 Å². The van der Waals surface area contributed by atoms with Gasteiger partial charge in [0, 0.05) is 0 Å². The molecule has 0 heterocycles. The van der Waals surface area contributed by atoms with Crippen molar-refractivity contribution in [2.75, 3.05) is 0 Å². The summed E-state index contributed by atoms with van der Waals surface area (Å²) in [4.78, 5) is 0. The quantitative estimate of drug-likeness (QED) is 0.479. The Bertz CT molecular complexity index is 182. The molecule has 0 spiro atoms. The average molecular weight is 136 g/mol. The van der Waals surface area contributed by atoms with Gasteiger partial charge in [-0.15, -0.1) is 0 Å². The molecule has 0 saturated carbocycles. The van der Waals surface area contributed by atoms with Crippen LogP contribution in [0, 0.1) is 5.41 Å². The van der Waals surface area contributed by atoms with Crippen molar-refractivity contribution in [3.63, 3.8) is 0 Å². The third-order valence-electron chi connectivity index (χ3n) is 2.51. The van der Waals surface area contributed by atoms with E-state index < -0.39 is 0 Å². The fraction of sp³-hybridized carbons (Fsp3) is 0.600. The summed E-state index contributed by atoms with van der Waals surface area (Å²) in [6.45, 7) is 10.8. The van der Waals surface area contributed by atoms with Gasteiger partial charge in [-0.2, -0.15) is 0 Å². The third kappa shape index (κ3) is 1.16. The van der Waals surface area contributed by atoms with E-state index in [1.54, 1.807) is 0 Å². The zero-order chi connectivity index (χ0) is 7.78. The molecule has 0 fully saturated rings. The molecule has 0 radical (unpaired) electrons. The van der Waals surface area contributed by atoms with Crippen molar-refractivity contribution >= 4 is 0 Å². The largest absolute Gasteiger partial charge is 0.0950 e. The van der Waals surface area contributed by atoms with E-state index in [-0.39, 0.29) is 0 Å². The zero-order valence-electron chi connectivity index (χ0n) is 7.20. The van der Waals surface area contributed by atoms with Crippen LogP contribution in [0.15, 0.2) is 23.8 Å². The molecule has 0 bridgehead atoms. The van der Waals surface area contributed by atoms with Crippen molar-refractivity contribution in [2.24, 2.45) is 5.41 Å². The van der Waals surface area contributed by atoms with Crippen molar-refractivity contribution in [1.82, 2.24) is 0 Å². The zero-order valence-corrected chi connectivity index (χ0v) is 7.20. The predicted molar refractivity (Wildman–Crippen MR) is 45.9 cm³/mol. The van der Waals surface area contributed by atoms with Gasteiger partial charge in [0.15, 0.2) is 0 Å². The molecule has 0 aromatic rings. The van der Waals surface area contributed by atoms with E-state index in [1.807, 2.05) is 0 Å². The smallest absolute Gasteiger partial charge is 0.0104 e. The van der Waals surface area contributed by atoms with Gasteiger partial charge in [-0.05, 0) is 30.8 Å². The van der Waals surface area contributed by atoms with Gasteiger partial charge in [-0.1, -0.05) is 32.1 Å². The van der Waals surface area contributed by atoms with Crippen LogP contribution in [-0.4, -0.2) is 0 Å². The van der Waals surface area contributed by atoms with Gasteiger partial charge in [-0.25, -0.2) is 0 Å². The van der Waals surface area contributed by atoms with Crippen LogP contribution in [0.2, 0.25) is 0 Å². The Morgan fingerprint density at radius 1 is 1.50 bits per heavy atom. The molecule has 0 aliphatic heterocycles. The van der Waals surface area contributed by atoms with Crippen LogP contribution < -0.4 is 0 Å². The molecule has 1 rings (SSSR count). The van der Waals surface area contributed by atoms with Crippen LogP contribution in [-0.2, 0) is 0 Å². The Labute approximate surface area is 63.6 Å². The summed E-state index contributed by atoms with van der Waals surface area (Å²) in [6.07, 6.45) is 4.76. The lowest BCUT2D eigenvalue weighted by molar-refractivity contribution is 0.406. The SMILES string of the molecule is C=C1C(C)=CCCC1(C)C. The average Bonchev–Trinajstić information content (AvgIpc) is 1.83. The summed E-state index contributed by atoms with van der Waals surface area (Å²) in [5.74, 6) is 0. The fourth-order valence-corrected chi connectivity index (χ4v) is 1.46. The molecule has 0 heteroatoms. The first-order chi connectivity index (χ1) is 4.54. The maximum absolute atomic E-state index is 4.08. The minimum Gasteiger partial charge on any atom is -0.0950 e. The summed E-state index contributed by atoms with van der Waals surface area (Å²) in [7, 11) is 0. The van der Waals surface area contributed by atoms with Gasteiger partial charge in [0.1, 0.15) is 0 Å². The number of hydrogen-bond acceptors (Lipinski definition) is 0. The Morgan fingerprint density at radius 2 is 2.10 bits per heavy atom. The van der Waals surface area contributed by atoms with Gasteiger partial charge >= 0.3 is 0 Å². The minimum absolute atomic E-state index is 0.346. The lowest BCUT2D eigenvalue weighted by atomic mass is 9.74. The molecule has 0 amide bonds. The summed E-state index contributed by atoms with van der Waals surface area (Å²) in [5, 5.41) is 0. The Balaban J connectivity index is 2.89. The normalized spacial score (nSPS) is 24.3. The van der Waals surface area contributed by atoms with E-state index >= 15 is 0 Å². The topological polar surface area (TPSA) is 0 Å². The fourth-order valence-electron chi connectivity index (χ4n) is 1.46. The van der Waals surface area contributed by atoms with Gasteiger partial charge in [0.25, 0.3) is 0 Å². The van der Waals surface area contributed by atoms with Gasteiger partial charge in [0.05, 0.1) is 0 Å². The van der Waals surface area contributed by atoms with Gasteiger partial charge in [0.2, 0.25) is 0 Å². The van der Waals surface area contributed by atoms with E-state index in [4.69, 9.17) is 0 Å². The summed E-state index contributed by atoms with van der Waals surface area (Å²) >= 11 is 0. The molecule has 0 atom stereocenters. The molecule has 0 unspecified atom stereocenters. The first-order valence-corrected chi connectivity index (χ1v) is 3.90. The molecule has 0 saturated heterocycles. The highest BCUT2D eigenvalue weighted by Gasteiger charge is 2.24. The van der Waals surface area contributed by atoms with Crippen molar-refractivity contribution in [3.8, 4) is 0 Å². The van der Waals surface area contributed by atoms with Gasteiger partial charge in [-0.3, -0.25) is 0 Å². The standard InChI is InChI=1S/C10H16/c1-8-6-5-7-10(3,4)9(8)2/h6H,2,5,7H2,1,3-4H3. The second-order valence-corrected chi connectivity index (χ2v) is 3.79. The highest BCUT2D eigenvalue weighted by atomic mass is 14.3. The lowest BCUT2D eigenvalue weighted by Crippen LogP contribution is -2.17. The van der Waals surface area contributed by atoms with Crippen LogP contribution in [0.25, 0.3) is 0 Å². The minimum atomic E-state index is 0.346. The van der Waals surface area contributed by atoms with E-state index in [1.165, 1.54) is 24.0 Å². The van der Waals surface area contributed by atoms with Crippen LogP contribution in [0.4, 0.5) is 0 Å².